The van der Waals surface area contributed by atoms with Gasteiger partial charge in [0.05, 0.1) is 29.9 Å². The first-order valence-corrected chi connectivity index (χ1v) is 20.6. The van der Waals surface area contributed by atoms with Crippen molar-refractivity contribution in [3.05, 3.63) is 141 Å². The summed E-state index contributed by atoms with van der Waals surface area (Å²) >= 11 is 6.94. The number of pyridine rings is 1. The number of morpholine rings is 1. The highest BCUT2D eigenvalue weighted by atomic mass is 35.5. The van der Waals surface area contributed by atoms with Crippen LogP contribution < -0.4 is 14.2 Å². The molecule has 3 heterocycles. The highest BCUT2D eigenvalue weighted by molar-refractivity contribution is 6.32. The quantitative estimate of drug-likeness (QED) is 0.0971. The molecule has 7 rings (SSSR count). The molecular weight excluding hydrogens is 732 g/mol. The first-order chi connectivity index (χ1) is 27.9. The molecule has 0 amide bonds. The summed E-state index contributed by atoms with van der Waals surface area (Å²) < 4.78 is 25.4. The zero-order valence-electron chi connectivity index (χ0n) is 33.4. The number of likely N-dealkylation sites (tertiary alicyclic amines) is 1. The molecule has 0 saturated carbocycles. The third-order valence-corrected chi connectivity index (χ3v) is 11.6. The Hall–Kier alpha value is -4.91. The minimum Gasteiger partial charge on any atom is -0.493 e. The number of piperidine rings is 1. The van der Waals surface area contributed by atoms with Gasteiger partial charge in [0, 0.05) is 61.8 Å². The fraction of sp³-hybridized carbons (Fsp3) is 0.375. The minimum absolute atomic E-state index is 0.120. The van der Waals surface area contributed by atoms with Crippen molar-refractivity contribution in [1.29, 1.82) is 5.26 Å². The van der Waals surface area contributed by atoms with Crippen LogP contribution in [0.4, 0.5) is 0 Å². The molecule has 2 aliphatic heterocycles. The van der Waals surface area contributed by atoms with E-state index in [9.17, 15) is 5.26 Å². The SMILES string of the molecule is Cc1c(COc2cc(OCc3cncc(C#N)c3)c(CN3CCCC[C@H]3C)cc2Cl)cccc1-c1cccc(OCCCN2CCOC(c3ccccc3)C2)c1C. The number of aromatic nitrogens is 1. The van der Waals surface area contributed by atoms with Crippen LogP contribution in [-0.2, 0) is 24.5 Å². The molecule has 0 spiro atoms. The predicted octanol–water partition coefficient (Wildman–Crippen LogP) is 10.3. The third-order valence-electron chi connectivity index (χ3n) is 11.3. The normalized spacial score (nSPS) is 17.5. The van der Waals surface area contributed by atoms with Crippen molar-refractivity contribution in [2.75, 3.05) is 39.4 Å². The van der Waals surface area contributed by atoms with E-state index in [0.29, 0.717) is 41.3 Å². The van der Waals surface area contributed by atoms with Gasteiger partial charge in [-0.05, 0) is 98.2 Å². The Kier molecular flexibility index (Phi) is 13.8. The fourth-order valence-corrected chi connectivity index (χ4v) is 8.18. The molecule has 1 unspecified atom stereocenters. The van der Waals surface area contributed by atoms with Crippen molar-refractivity contribution < 1.29 is 18.9 Å². The van der Waals surface area contributed by atoms with E-state index >= 15 is 0 Å². The van der Waals surface area contributed by atoms with Crippen LogP contribution in [0, 0.1) is 25.2 Å². The second kappa shape index (κ2) is 19.5. The second-order valence-electron chi connectivity index (χ2n) is 15.3. The van der Waals surface area contributed by atoms with Crippen molar-refractivity contribution in [3.8, 4) is 34.4 Å². The lowest BCUT2D eigenvalue weighted by Gasteiger charge is -2.33. The molecule has 2 atom stereocenters. The van der Waals surface area contributed by atoms with E-state index < -0.39 is 0 Å². The maximum atomic E-state index is 9.38. The standard InChI is InChI=1S/C48H53ClN4O4/c1-34-12-7-8-20-53(34)30-41-25-44(49)47(26-46(41)56-32-38-24-37(27-50)28-51-29-38)57-33-40-15-9-16-42(35(40)2)43-17-10-18-45(36(43)3)54-22-11-19-52-21-23-55-48(31-52)39-13-5-4-6-14-39/h4-6,9-10,13-18,24-26,28-29,34,48H,7-8,11-12,19-23,30-33H2,1-3H3/t34-,48?/m1/s1. The van der Waals surface area contributed by atoms with Crippen LogP contribution in [0.5, 0.6) is 17.2 Å². The van der Waals surface area contributed by atoms with Crippen LogP contribution in [0.1, 0.15) is 77.7 Å². The number of hydrogen-bond donors (Lipinski definition) is 0. The summed E-state index contributed by atoms with van der Waals surface area (Å²) in [6.45, 7) is 13.2. The fourth-order valence-electron chi connectivity index (χ4n) is 7.94. The Balaban J connectivity index is 1.01. The average Bonchev–Trinajstić information content (AvgIpc) is 3.24. The highest BCUT2D eigenvalue weighted by Crippen LogP contribution is 2.37. The number of hydrogen-bond acceptors (Lipinski definition) is 8. The van der Waals surface area contributed by atoms with Crippen LogP contribution in [0.25, 0.3) is 11.1 Å². The van der Waals surface area contributed by atoms with Crippen molar-refractivity contribution >= 4 is 11.6 Å². The highest BCUT2D eigenvalue weighted by Gasteiger charge is 2.23. The number of ether oxygens (including phenoxy) is 4. The van der Waals surface area contributed by atoms with E-state index in [1.165, 1.54) is 24.8 Å². The lowest BCUT2D eigenvalue weighted by molar-refractivity contribution is -0.0310. The first-order valence-electron chi connectivity index (χ1n) is 20.2. The number of benzene rings is 4. The van der Waals surface area contributed by atoms with E-state index in [1.807, 2.05) is 18.2 Å². The van der Waals surface area contributed by atoms with Crippen molar-refractivity contribution in [2.45, 2.75) is 78.4 Å². The van der Waals surface area contributed by atoms with Gasteiger partial charge < -0.3 is 18.9 Å². The van der Waals surface area contributed by atoms with Crippen molar-refractivity contribution in [1.82, 2.24) is 14.8 Å². The van der Waals surface area contributed by atoms with Crippen molar-refractivity contribution in [3.63, 3.8) is 0 Å². The summed E-state index contributed by atoms with van der Waals surface area (Å²) in [5.41, 5.74) is 9.20. The first kappa shape index (κ1) is 40.3. The summed E-state index contributed by atoms with van der Waals surface area (Å²) in [5.74, 6) is 2.19. The third kappa shape index (κ3) is 10.3. The van der Waals surface area contributed by atoms with E-state index in [0.717, 1.165) is 90.4 Å². The van der Waals surface area contributed by atoms with Gasteiger partial charge in [-0.3, -0.25) is 14.8 Å². The molecule has 296 valence electrons. The molecule has 2 saturated heterocycles. The van der Waals surface area contributed by atoms with Gasteiger partial charge in [0.25, 0.3) is 0 Å². The van der Waals surface area contributed by atoms with E-state index in [1.54, 1.807) is 18.5 Å². The summed E-state index contributed by atoms with van der Waals surface area (Å²) in [4.78, 5) is 9.18. The number of halogens is 1. The molecule has 5 aromatic rings. The minimum atomic E-state index is 0.120. The lowest BCUT2D eigenvalue weighted by atomic mass is 9.93. The molecule has 8 nitrogen and oxygen atoms in total. The van der Waals surface area contributed by atoms with Crippen LogP contribution in [0.15, 0.2) is 97.3 Å². The average molecular weight is 785 g/mol. The zero-order valence-corrected chi connectivity index (χ0v) is 34.1. The number of nitriles is 1. The summed E-state index contributed by atoms with van der Waals surface area (Å²) in [6, 6.07) is 31.5. The largest absolute Gasteiger partial charge is 0.493 e. The summed E-state index contributed by atoms with van der Waals surface area (Å²) in [7, 11) is 0. The molecule has 9 heteroatoms. The molecule has 1 aromatic heterocycles. The van der Waals surface area contributed by atoms with Crippen LogP contribution >= 0.6 is 11.6 Å². The van der Waals surface area contributed by atoms with Gasteiger partial charge >= 0.3 is 0 Å². The topological polar surface area (TPSA) is 80.1 Å². The summed E-state index contributed by atoms with van der Waals surface area (Å²) in [5, 5.41) is 9.93. The van der Waals surface area contributed by atoms with Crippen LogP contribution in [0.2, 0.25) is 5.02 Å². The second-order valence-corrected chi connectivity index (χ2v) is 15.7. The molecule has 0 aliphatic carbocycles. The smallest absolute Gasteiger partial charge is 0.142 e. The number of rotatable bonds is 15. The Bertz CT molecular complexity index is 2160. The molecule has 0 radical (unpaired) electrons. The molecule has 57 heavy (non-hydrogen) atoms. The monoisotopic (exact) mass is 784 g/mol. The van der Waals surface area contributed by atoms with Gasteiger partial charge in [-0.1, -0.05) is 78.7 Å². The molecule has 0 bridgehead atoms. The Morgan fingerprint density at radius 3 is 2.46 bits per heavy atom. The Labute approximate surface area is 342 Å². The Morgan fingerprint density at radius 2 is 1.63 bits per heavy atom. The van der Waals surface area contributed by atoms with Crippen molar-refractivity contribution in [2.24, 2.45) is 0 Å². The maximum absolute atomic E-state index is 9.38. The summed E-state index contributed by atoms with van der Waals surface area (Å²) in [6.07, 6.45) is 7.96. The zero-order chi connectivity index (χ0) is 39.6. The molecule has 0 N–H and O–H groups in total. The Morgan fingerprint density at radius 1 is 0.825 bits per heavy atom. The van der Waals surface area contributed by atoms with E-state index in [2.05, 4.69) is 102 Å². The van der Waals surface area contributed by atoms with E-state index in [-0.39, 0.29) is 12.7 Å². The van der Waals surface area contributed by atoms with Gasteiger partial charge in [0.2, 0.25) is 0 Å². The van der Waals surface area contributed by atoms with E-state index in [4.69, 9.17) is 30.5 Å². The van der Waals surface area contributed by atoms with Gasteiger partial charge in [-0.15, -0.1) is 0 Å². The van der Waals surface area contributed by atoms with Gasteiger partial charge in [-0.25, -0.2) is 0 Å². The molecule has 2 fully saturated rings. The van der Waals surface area contributed by atoms with Crippen LogP contribution in [0.3, 0.4) is 0 Å². The van der Waals surface area contributed by atoms with Gasteiger partial charge in [0.1, 0.15) is 36.5 Å². The van der Waals surface area contributed by atoms with Gasteiger partial charge in [-0.2, -0.15) is 5.26 Å². The molecule has 4 aromatic carbocycles. The number of nitrogens with zero attached hydrogens (tertiary/aromatic N) is 4. The van der Waals surface area contributed by atoms with Crippen LogP contribution in [-0.4, -0.2) is 60.2 Å². The maximum Gasteiger partial charge on any atom is 0.142 e. The van der Waals surface area contributed by atoms with Gasteiger partial charge in [0.15, 0.2) is 0 Å². The predicted molar refractivity (Wildman–Crippen MR) is 226 cm³/mol. The lowest BCUT2D eigenvalue weighted by Crippen LogP contribution is -2.39. The molecular formula is C48H53ClN4O4. The molecule has 2 aliphatic rings.